The van der Waals surface area contributed by atoms with Crippen LogP contribution in [0.15, 0.2) is 5.10 Å². The van der Waals surface area contributed by atoms with E-state index in [4.69, 9.17) is 5.73 Å². The molecule has 1 aliphatic rings. The third-order valence-electron chi connectivity index (χ3n) is 2.74. The highest BCUT2D eigenvalue weighted by molar-refractivity contribution is 7.80. The lowest BCUT2D eigenvalue weighted by Gasteiger charge is -2.26. The maximum absolute atomic E-state index is 5.28. The molecule has 0 aromatic heterocycles. The molecule has 2 atom stereocenters. The van der Waals surface area contributed by atoms with Gasteiger partial charge in [-0.2, -0.15) is 5.10 Å². The molecule has 74 valence electrons. The molecular weight excluding hydrogens is 182 g/mol. The summed E-state index contributed by atoms with van der Waals surface area (Å²) in [5.74, 6) is 1.53. The highest BCUT2D eigenvalue weighted by Crippen LogP contribution is 2.27. The molecule has 1 fully saturated rings. The van der Waals surface area contributed by atoms with Crippen LogP contribution in [0.5, 0.6) is 0 Å². The first-order valence-corrected chi connectivity index (χ1v) is 5.11. The van der Waals surface area contributed by atoms with Gasteiger partial charge >= 0.3 is 0 Å². The predicted octanol–water partition coefficient (Wildman–Crippen LogP) is 1.63. The molecule has 0 aromatic rings. The van der Waals surface area contributed by atoms with E-state index in [1.165, 1.54) is 12.1 Å². The van der Waals surface area contributed by atoms with Crippen molar-refractivity contribution in [2.24, 2.45) is 22.7 Å². The minimum absolute atomic E-state index is 0.249. The Bertz CT molecular complexity index is 225. The van der Waals surface area contributed by atoms with Gasteiger partial charge < -0.3 is 5.73 Å². The largest absolute Gasteiger partial charge is 0.375 e. The van der Waals surface area contributed by atoms with Crippen LogP contribution in [0.25, 0.3) is 0 Å². The van der Waals surface area contributed by atoms with Crippen LogP contribution in [0.1, 0.15) is 33.1 Å². The van der Waals surface area contributed by atoms with Gasteiger partial charge in [0.05, 0.1) is 0 Å². The van der Waals surface area contributed by atoms with E-state index in [0.29, 0.717) is 0 Å². The molecule has 1 rings (SSSR count). The molecule has 1 aliphatic carbocycles. The van der Waals surface area contributed by atoms with Crippen molar-refractivity contribution >= 4 is 23.0 Å². The van der Waals surface area contributed by atoms with Crippen LogP contribution < -0.4 is 11.2 Å². The SMILES string of the molecule is CC1CCC(=NNC(N)=S)CC1C. The Morgan fingerprint density at radius 1 is 1.54 bits per heavy atom. The Balaban J connectivity index is 2.45. The van der Waals surface area contributed by atoms with E-state index in [1.54, 1.807) is 0 Å². The average Bonchev–Trinajstić information content (AvgIpc) is 2.07. The summed E-state index contributed by atoms with van der Waals surface area (Å²) in [5.41, 5.74) is 9.13. The maximum atomic E-state index is 5.28. The number of hydrogen-bond acceptors (Lipinski definition) is 2. The van der Waals surface area contributed by atoms with Crippen molar-refractivity contribution in [2.45, 2.75) is 33.1 Å². The molecule has 0 bridgehead atoms. The molecule has 0 amide bonds. The minimum atomic E-state index is 0.249. The molecule has 3 N–H and O–H groups in total. The second-order valence-corrected chi connectivity index (χ2v) is 4.29. The van der Waals surface area contributed by atoms with Crippen molar-refractivity contribution < 1.29 is 0 Å². The Hall–Kier alpha value is -0.640. The Labute approximate surface area is 84.8 Å². The van der Waals surface area contributed by atoms with E-state index in [9.17, 15) is 0 Å². The van der Waals surface area contributed by atoms with Crippen LogP contribution >= 0.6 is 12.2 Å². The van der Waals surface area contributed by atoms with E-state index < -0.39 is 0 Å². The normalized spacial score (nSPS) is 31.7. The lowest BCUT2D eigenvalue weighted by Crippen LogP contribution is -2.28. The van der Waals surface area contributed by atoms with Crippen LogP contribution in [0, 0.1) is 11.8 Å². The summed E-state index contributed by atoms with van der Waals surface area (Å²) in [7, 11) is 0. The molecule has 2 unspecified atom stereocenters. The molecule has 0 aliphatic heterocycles. The van der Waals surface area contributed by atoms with Gasteiger partial charge in [0.1, 0.15) is 0 Å². The van der Waals surface area contributed by atoms with Crippen LogP contribution in [0.2, 0.25) is 0 Å². The number of hydrazone groups is 1. The first-order valence-electron chi connectivity index (χ1n) is 4.70. The smallest absolute Gasteiger partial charge is 0.184 e. The van der Waals surface area contributed by atoms with E-state index >= 15 is 0 Å². The molecule has 0 spiro atoms. The third-order valence-corrected chi connectivity index (χ3v) is 2.83. The van der Waals surface area contributed by atoms with Gasteiger partial charge in [0.15, 0.2) is 5.11 Å². The summed E-state index contributed by atoms with van der Waals surface area (Å²) in [6.07, 6.45) is 3.36. The zero-order valence-electron chi connectivity index (χ0n) is 8.21. The first-order chi connectivity index (χ1) is 6.09. The topological polar surface area (TPSA) is 50.4 Å². The van der Waals surface area contributed by atoms with Crippen molar-refractivity contribution in [3.8, 4) is 0 Å². The molecular formula is C9H17N3S. The molecule has 1 saturated carbocycles. The molecule has 13 heavy (non-hydrogen) atoms. The van der Waals surface area contributed by atoms with Gasteiger partial charge in [0.25, 0.3) is 0 Å². The van der Waals surface area contributed by atoms with Gasteiger partial charge in [0.2, 0.25) is 0 Å². The summed E-state index contributed by atoms with van der Waals surface area (Å²) >= 11 is 4.68. The van der Waals surface area contributed by atoms with Crippen molar-refractivity contribution in [1.29, 1.82) is 0 Å². The van der Waals surface area contributed by atoms with Crippen LogP contribution in [0.4, 0.5) is 0 Å². The number of thiocarbonyl (C=S) groups is 1. The van der Waals surface area contributed by atoms with E-state index in [0.717, 1.165) is 24.7 Å². The van der Waals surface area contributed by atoms with Crippen molar-refractivity contribution in [1.82, 2.24) is 5.43 Å². The zero-order chi connectivity index (χ0) is 9.84. The molecule has 0 radical (unpaired) electrons. The highest BCUT2D eigenvalue weighted by atomic mass is 32.1. The summed E-state index contributed by atoms with van der Waals surface area (Å²) in [5, 5.41) is 4.42. The standard InChI is InChI=1S/C9H17N3S/c1-6-3-4-8(5-7(6)2)11-12-9(10)13/h6-7H,3-5H2,1-2H3,(H3,10,12,13). The van der Waals surface area contributed by atoms with Crippen molar-refractivity contribution in [3.63, 3.8) is 0 Å². The summed E-state index contributed by atoms with van der Waals surface area (Å²) in [4.78, 5) is 0. The third kappa shape index (κ3) is 3.30. The van der Waals surface area contributed by atoms with Gasteiger partial charge in [0, 0.05) is 5.71 Å². The van der Waals surface area contributed by atoms with Gasteiger partial charge in [-0.3, -0.25) is 5.43 Å². The second kappa shape index (κ2) is 4.56. The molecule has 3 nitrogen and oxygen atoms in total. The summed E-state index contributed by atoms with van der Waals surface area (Å²) in [6.45, 7) is 4.56. The van der Waals surface area contributed by atoms with E-state index in [1.807, 2.05) is 0 Å². The molecule has 4 heteroatoms. The van der Waals surface area contributed by atoms with Crippen LogP contribution in [-0.4, -0.2) is 10.8 Å². The number of nitrogens with zero attached hydrogens (tertiary/aromatic N) is 1. The average molecular weight is 199 g/mol. The van der Waals surface area contributed by atoms with Crippen LogP contribution in [-0.2, 0) is 0 Å². The summed E-state index contributed by atoms with van der Waals surface area (Å²) < 4.78 is 0. The van der Waals surface area contributed by atoms with E-state index in [-0.39, 0.29) is 5.11 Å². The minimum Gasteiger partial charge on any atom is -0.375 e. The van der Waals surface area contributed by atoms with Crippen molar-refractivity contribution in [2.75, 3.05) is 0 Å². The van der Waals surface area contributed by atoms with Gasteiger partial charge in [-0.25, -0.2) is 0 Å². The zero-order valence-corrected chi connectivity index (χ0v) is 9.03. The number of hydrogen-bond donors (Lipinski definition) is 2. The second-order valence-electron chi connectivity index (χ2n) is 3.85. The summed E-state index contributed by atoms with van der Waals surface area (Å²) in [6, 6.07) is 0. The first kappa shape index (κ1) is 10.4. The lowest BCUT2D eigenvalue weighted by atomic mass is 9.81. The predicted molar refractivity (Wildman–Crippen MR) is 59.5 cm³/mol. The van der Waals surface area contributed by atoms with Gasteiger partial charge in [-0.1, -0.05) is 13.8 Å². The quantitative estimate of drug-likeness (QED) is 0.498. The maximum Gasteiger partial charge on any atom is 0.184 e. The lowest BCUT2D eigenvalue weighted by molar-refractivity contribution is 0.354. The van der Waals surface area contributed by atoms with Gasteiger partial charge in [-0.05, 0) is 43.3 Å². The Morgan fingerprint density at radius 3 is 2.77 bits per heavy atom. The van der Waals surface area contributed by atoms with Crippen LogP contribution in [0.3, 0.4) is 0 Å². The number of nitrogens with two attached hydrogens (primary N) is 1. The highest BCUT2D eigenvalue weighted by Gasteiger charge is 2.20. The Morgan fingerprint density at radius 2 is 2.23 bits per heavy atom. The fraction of sp³-hybridized carbons (Fsp3) is 0.778. The molecule has 0 saturated heterocycles. The van der Waals surface area contributed by atoms with E-state index in [2.05, 4.69) is 36.6 Å². The molecule has 0 heterocycles. The monoisotopic (exact) mass is 199 g/mol. The number of rotatable bonds is 1. The fourth-order valence-corrected chi connectivity index (χ4v) is 1.64. The van der Waals surface area contributed by atoms with Crippen molar-refractivity contribution in [3.05, 3.63) is 0 Å². The number of nitrogens with one attached hydrogen (secondary N) is 1. The Kier molecular flexibility index (Phi) is 3.66. The fourth-order valence-electron chi connectivity index (χ4n) is 1.59. The van der Waals surface area contributed by atoms with Gasteiger partial charge in [-0.15, -0.1) is 0 Å². The molecule has 0 aromatic carbocycles.